The lowest BCUT2D eigenvalue weighted by Crippen LogP contribution is -2.36. The molecule has 182 valence electrons. The number of aryl methyl sites for hydroxylation is 1. The number of amides is 1. The number of fused-ring (bicyclic) bond motifs is 2. The molecule has 0 spiro atoms. The molecule has 1 aromatic carbocycles. The van der Waals surface area contributed by atoms with E-state index in [2.05, 4.69) is 10.1 Å². The Morgan fingerprint density at radius 1 is 1.20 bits per heavy atom. The number of halogens is 1. The molecule has 0 N–H and O–H groups in total. The number of carbonyl (C=O) groups excluding carboxylic acids is 2. The van der Waals surface area contributed by atoms with Gasteiger partial charge in [0.1, 0.15) is 12.4 Å². The molecule has 1 aliphatic rings. The molecule has 1 saturated heterocycles. The van der Waals surface area contributed by atoms with E-state index in [0.717, 1.165) is 29.4 Å². The minimum atomic E-state index is -0.412. The zero-order valence-corrected chi connectivity index (χ0v) is 20.0. The van der Waals surface area contributed by atoms with Gasteiger partial charge in [-0.05, 0) is 43.5 Å². The van der Waals surface area contributed by atoms with Crippen LogP contribution in [0.25, 0.3) is 33.1 Å². The van der Waals surface area contributed by atoms with Gasteiger partial charge in [0, 0.05) is 50.1 Å². The van der Waals surface area contributed by atoms with E-state index in [4.69, 9.17) is 9.84 Å². The predicted molar refractivity (Wildman–Crippen MR) is 128 cm³/mol. The van der Waals surface area contributed by atoms with Crippen LogP contribution in [0.2, 0.25) is 0 Å². The van der Waals surface area contributed by atoms with Gasteiger partial charge in [0.15, 0.2) is 5.65 Å². The lowest BCUT2D eigenvalue weighted by molar-refractivity contribution is -0.144. The van der Waals surface area contributed by atoms with Crippen molar-refractivity contribution < 1.29 is 18.7 Å². The van der Waals surface area contributed by atoms with Crippen LogP contribution >= 0.6 is 0 Å². The number of aromatic nitrogens is 5. The molecule has 0 unspecified atom stereocenters. The van der Waals surface area contributed by atoms with Gasteiger partial charge in [-0.2, -0.15) is 10.2 Å². The first-order chi connectivity index (χ1) is 16.9. The minimum absolute atomic E-state index is 0.0444. The molecule has 0 aliphatic carbocycles. The number of pyridine rings is 1. The van der Waals surface area contributed by atoms with E-state index < -0.39 is 5.97 Å². The maximum Gasteiger partial charge on any atom is 0.327 e. The summed E-state index contributed by atoms with van der Waals surface area (Å²) in [4.78, 5) is 30.5. The average molecular weight is 479 g/mol. The minimum Gasteiger partial charge on any atom is -0.465 e. The molecule has 4 aromatic rings. The van der Waals surface area contributed by atoms with Crippen molar-refractivity contribution in [2.75, 3.05) is 19.7 Å². The molecular formula is C25H27FN6O3. The number of rotatable bonds is 5. The van der Waals surface area contributed by atoms with Crippen molar-refractivity contribution >= 4 is 33.8 Å². The molecule has 1 amide bonds. The van der Waals surface area contributed by atoms with Crippen molar-refractivity contribution in [2.24, 2.45) is 7.05 Å². The third kappa shape index (κ3) is 4.13. The summed E-state index contributed by atoms with van der Waals surface area (Å²) >= 11 is 0. The van der Waals surface area contributed by atoms with E-state index in [-0.39, 0.29) is 30.8 Å². The van der Waals surface area contributed by atoms with Crippen molar-refractivity contribution in [1.82, 2.24) is 29.4 Å². The smallest absolute Gasteiger partial charge is 0.327 e. The van der Waals surface area contributed by atoms with Crippen molar-refractivity contribution in [3.05, 3.63) is 42.1 Å². The highest BCUT2D eigenvalue weighted by Crippen LogP contribution is 2.39. The number of esters is 1. The van der Waals surface area contributed by atoms with Crippen LogP contribution < -0.4 is 0 Å². The van der Waals surface area contributed by atoms with E-state index in [1.165, 1.54) is 6.07 Å². The Hall–Kier alpha value is -3.82. The monoisotopic (exact) mass is 478 g/mol. The summed E-state index contributed by atoms with van der Waals surface area (Å²) in [7, 11) is 1.82. The maximum absolute atomic E-state index is 15.4. The van der Waals surface area contributed by atoms with Crippen LogP contribution in [0.5, 0.6) is 0 Å². The molecule has 0 saturated carbocycles. The number of likely N-dealkylation sites (tertiary alicyclic amines) is 1. The van der Waals surface area contributed by atoms with Gasteiger partial charge in [0.25, 0.3) is 0 Å². The van der Waals surface area contributed by atoms with Crippen LogP contribution in [-0.2, 0) is 27.9 Å². The van der Waals surface area contributed by atoms with E-state index in [0.29, 0.717) is 35.2 Å². The van der Waals surface area contributed by atoms with Gasteiger partial charge in [-0.15, -0.1) is 0 Å². The number of carbonyl (C=O) groups is 2. The largest absolute Gasteiger partial charge is 0.465 e. The van der Waals surface area contributed by atoms with Gasteiger partial charge in [0.05, 0.1) is 29.4 Å². The van der Waals surface area contributed by atoms with Crippen LogP contribution in [-0.4, -0.2) is 61.0 Å². The lowest BCUT2D eigenvalue weighted by atomic mass is 9.89. The van der Waals surface area contributed by atoms with Gasteiger partial charge < -0.3 is 9.64 Å². The number of benzene rings is 1. The van der Waals surface area contributed by atoms with E-state index in [1.54, 1.807) is 47.7 Å². The van der Waals surface area contributed by atoms with Gasteiger partial charge >= 0.3 is 5.97 Å². The fraction of sp³-hybridized carbons (Fsp3) is 0.400. The van der Waals surface area contributed by atoms with Crippen molar-refractivity contribution in [3.63, 3.8) is 0 Å². The second-order valence-electron chi connectivity index (χ2n) is 8.84. The van der Waals surface area contributed by atoms with Gasteiger partial charge in [-0.1, -0.05) is 0 Å². The van der Waals surface area contributed by atoms with Gasteiger partial charge in [0.2, 0.25) is 5.91 Å². The molecule has 0 radical (unpaired) electrons. The SMILES string of the molecule is CCOC(=O)Cn1nc(C2CCN(C(C)=O)CC2)c2c(-c3cc4c(cnn4C)cc3F)ccnc21. The normalized spacial score (nSPS) is 14.7. The summed E-state index contributed by atoms with van der Waals surface area (Å²) in [6.07, 6.45) is 4.69. The molecular weight excluding hydrogens is 451 g/mol. The highest BCUT2D eigenvalue weighted by molar-refractivity contribution is 5.98. The first kappa shape index (κ1) is 22.9. The van der Waals surface area contributed by atoms with Crippen LogP contribution in [0.15, 0.2) is 30.6 Å². The molecule has 1 fully saturated rings. The highest BCUT2D eigenvalue weighted by Gasteiger charge is 2.29. The number of hydrogen-bond acceptors (Lipinski definition) is 6. The molecule has 5 rings (SSSR count). The van der Waals surface area contributed by atoms with Crippen LogP contribution in [0.3, 0.4) is 0 Å². The molecule has 0 atom stereocenters. The molecule has 35 heavy (non-hydrogen) atoms. The summed E-state index contributed by atoms with van der Waals surface area (Å²) in [5.74, 6) is -0.684. The molecule has 3 aromatic heterocycles. The van der Waals surface area contributed by atoms with E-state index in [9.17, 15) is 9.59 Å². The Morgan fingerprint density at radius 2 is 1.97 bits per heavy atom. The number of hydrogen-bond donors (Lipinski definition) is 0. The second-order valence-corrected chi connectivity index (χ2v) is 8.84. The van der Waals surface area contributed by atoms with E-state index >= 15 is 4.39 Å². The third-order valence-electron chi connectivity index (χ3n) is 6.70. The number of ether oxygens (including phenoxy) is 1. The van der Waals surface area contributed by atoms with Crippen LogP contribution in [0, 0.1) is 5.82 Å². The first-order valence-corrected chi connectivity index (χ1v) is 11.8. The van der Waals surface area contributed by atoms with Crippen molar-refractivity contribution in [3.8, 4) is 11.1 Å². The second kappa shape index (κ2) is 9.09. The summed E-state index contributed by atoms with van der Waals surface area (Å²) in [5, 5.41) is 10.5. The Morgan fingerprint density at radius 3 is 2.69 bits per heavy atom. The number of nitrogens with zero attached hydrogens (tertiary/aromatic N) is 6. The Bertz CT molecular complexity index is 1430. The van der Waals surface area contributed by atoms with Crippen molar-refractivity contribution in [1.29, 1.82) is 0 Å². The Balaban J connectivity index is 1.67. The molecule has 0 bridgehead atoms. The fourth-order valence-corrected chi connectivity index (χ4v) is 4.92. The first-order valence-electron chi connectivity index (χ1n) is 11.8. The summed E-state index contributed by atoms with van der Waals surface area (Å²) in [5.41, 5.74) is 3.16. The van der Waals surface area contributed by atoms with E-state index in [1.807, 2.05) is 11.9 Å². The standard InChI is InChI=1S/C25H27FN6O3/c1-4-35-22(34)14-32-25-23(24(29-32)16-6-9-31(10-7-16)15(2)33)18(5-8-27-25)19-12-21-17(11-20(19)26)13-28-30(21)3/h5,8,11-13,16H,4,6-7,9-10,14H2,1-3H3. The molecule has 1 aliphatic heterocycles. The molecule has 9 nitrogen and oxygen atoms in total. The third-order valence-corrected chi connectivity index (χ3v) is 6.70. The average Bonchev–Trinajstić information content (AvgIpc) is 3.39. The van der Waals surface area contributed by atoms with Crippen LogP contribution in [0.1, 0.15) is 38.3 Å². The van der Waals surface area contributed by atoms with Gasteiger partial charge in [-0.25, -0.2) is 14.1 Å². The quantitative estimate of drug-likeness (QED) is 0.408. The Kier molecular flexibility index (Phi) is 5.96. The maximum atomic E-state index is 15.4. The fourth-order valence-electron chi connectivity index (χ4n) is 4.92. The van der Waals surface area contributed by atoms with Gasteiger partial charge in [-0.3, -0.25) is 14.3 Å². The van der Waals surface area contributed by atoms with Crippen molar-refractivity contribution in [2.45, 2.75) is 39.2 Å². The number of piperidine rings is 1. The Labute approximate surface area is 201 Å². The van der Waals surface area contributed by atoms with Crippen LogP contribution in [0.4, 0.5) is 4.39 Å². The zero-order valence-electron chi connectivity index (χ0n) is 20.0. The topological polar surface area (TPSA) is 95.1 Å². The molecule has 4 heterocycles. The molecule has 10 heteroatoms. The summed E-state index contributed by atoms with van der Waals surface area (Å²) < 4.78 is 23.8. The lowest BCUT2D eigenvalue weighted by Gasteiger charge is -2.30. The zero-order chi connectivity index (χ0) is 24.7. The summed E-state index contributed by atoms with van der Waals surface area (Å²) in [6.45, 7) is 4.75. The summed E-state index contributed by atoms with van der Waals surface area (Å²) in [6, 6.07) is 5.06. The highest BCUT2D eigenvalue weighted by atomic mass is 19.1. The predicted octanol–water partition coefficient (Wildman–Crippen LogP) is 3.41.